The molecule has 112 valence electrons. The zero-order chi connectivity index (χ0) is 15.8. The summed E-state index contributed by atoms with van der Waals surface area (Å²) in [5.74, 6) is -1.59. The highest BCUT2D eigenvalue weighted by Crippen LogP contribution is 2.14. The Labute approximate surface area is 121 Å². The smallest absolute Gasteiger partial charge is 0.328 e. The van der Waals surface area contributed by atoms with E-state index in [9.17, 15) is 19.7 Å². The number of carbonyl (C=O) groups excluding carboxylic acids is 1. The van der Waals surface area contributed by atoms with Crippen molar-refractivity contribution in [1.29, 1.82) is 0 Å². The van der Waals surface area contributed by atoms with Gasteiger partial charge in [-0.1, -0.05) is 19.1 Å². The molecule has 0 bridgehead atoms. The van der Waals surface area contributed by atoms with Crippen LogP contribution in [0.5, 0.6) is 0 Å². The molecule has 0 fully saturated rings. The number of amides is 1. The Hall–Kier alpha value is -2.70. The van der Waals surface area contributed by atoms with Crippen LogP contribution in [0.25, 0.3) is 0 Å². The van der Waals surface area contributed by atoms with Crippen molar-refractivity contribution in [2.45, 2.75) is 19.9 Å². The fraction of sp³-hybridized carbons (Fsp3) is 0.286. The summed E-state index contributed by atoms with van der Waals surface area (Å²) in [4.78, 5) is 33.9. The SMILES string of the molecule is CCCN(Cc1ccc([N+](=O)[O-])cc1)C(=O)/C=C\C(=O)O. The second kappa shape index (κ2) is 7.78. The normalized spacial score (nSPS) is 10.5. The number of hydrogen-bond acceptors (Lipinski definition) is 4. The van der Waals surface area contributed by atoms with Crippen LogP contribution in [0.1, 0.15) is 18.9 Å². The van der Waals surface area contributed by atoms with Crippen LogP contribution in [-0.2, 0) is 16.1 Å². The molecule has 1 aromatic rings. The van der Waals surface area contributed by atoms with Gasteiger partial charge >= 0.3 is 5.97 Å². The Balaban J connectivity index is 2.80. The lowest BCUT2D eigenvalue weighted by Gasteiger charge is -2.20. The first-order valence-electron chi connectivity index (χ1n) is 6.37. The van der Waals surface area contributed by atoms with Gasteiger partial charge in [-0.3, -0.25) is 14.9 Å². The molecule has 1 rings (SSSR count). The summed E-state index contributed by atoms with van der Waals surface area (Å²) >= 11 is 0. The lowest BCUT2D eigenvalue weighted by atomic mass is 10.2. The zero-order valence-corrected chi connectivity index (χ0v) is 11.6. The molecule has 0 saturated heterocycles. The molecule has 1 amide bonds. The highest BCUT2D eigenvalue weighted by Gasteiger charge is 2.12. The van der Waals surface area contributed by atoms with E-state index in [0.29, 0.717) is 6.54 Å². The van der Waals surface area contributed by atoms with Gasteiger partial charge in [-0.05, 0) is 12.0 Å². The van der Waals surface area contributed by atoms with E-state index in [-0.39, 0.29) is 12.2 Å². The summed E-state index contributed by atoms with van der Waals surface area (Å²) in [6, 6.07) is 5.90. The standard InChI is InChI=1S/C14H16N2O5/c1-2-9-15(13(17)7-8-14(18)19)10-11-3-5-12(6-4-11)16(20)21/h3-8H,2,9-10H2,1H3,(H,18,19)/b8-7-. The molecule has 0 radical (unpaired) electrons. The van der Waals surface area contributed by atoms with Crippen LogP contribution in [0.3, 0.4) is 0 Å². The van der Waals surface area contributed by atoms with Crippen molar-refractivity contribution in [3.05, 3.63) is 52.1 Å². The van der Waals surface area contributed by atoms with Crippen LogP contribution >= 0.6 is 0 Å². The number of nitro benzene ring substituents is 1. The number of benzene rings is 1. The lowest BCUT2D eigenvalue weighted by Crippen LogP contribution is -2.29. The number of carboxylic acids is 1. The molecule has 0 spiro atoms. The molecule has 0 aliphatic rings. The Morgan fingerprint density at radius 2 is 1.90 bits per heavy atom. The van der Waals surface area contributed by atoms with Crippen LogP contribution in [-0.4, -0.2) is 33.4 Å². The van der Waals surface area contributed by atoms with Crippen LogP contribution in [0.2, 0.25) is 0 Å². The van der Waals surface area contributed by atoms with Gasteiger partial charge in [0.2, 0.25) is 5.91 Å². The van der Waals surface area contributed by atoms with Crippen molar-refractivity contribution in [2.24, 2.45) is 0 Å². The number of carboxylic acid groups (broad SMARTS) is 1. The monoisotopic (exact) mass is 292 g/mol. The average molecular weight is 292 g/mol. The van der Waals surface area contributed by atoms with Gasteiger partial charge in [0, 0.05) is 37.4 Å². The van der Waals surface area contributed by atoms with E-state index in [2.05, 4.69) is 0 Å². The first-order valence-corrected chi connectivity index (χ1v) is 6.37. The molecule has 0 heterocycles. The number of carbonyl (C=O) groups is 2. The number of aliphatic carboxylic acids is 1. The second-order valence-electron chi connectivity index (χ2n) is 4.35. The molecule has 7 heteroatoms. The maximum atomic E-state index is 11.9. The van der Waals surface area contributed by atoms with E-state index in [1.54, 1.807) is 12.1 Å². The molecular weight excluding hydrogens is 276 g/mol. The third kappa shape index (κ3) is 5.43. The van der Waals surface area contributed by atoms with Crippen molar-refractivity contribution >= 4 is 17.6 Å². The molecule has 21 heavy (non-hydrogen) atoms. The first kappa shape index (κ1) is 16.4. The molecule has 7 nitrogen and oxygen atoms in total. The average Bonchev–Trinajstić information content (AvgIpc) is 2.44. The minimum absolute atomic E-state index is 0.0158. The largest absolute Gasteiger partial charge is 0.478 e. The molecule has 1 aromatic carbocycles. The molecule has 0 saturated carbocycles. The van der Waals surface area contributed by atoms with E-state index in [4.69, 9.17) is 5.11 Å². The van der Waals surface area contributed by atoms with Crippen LogP contribution < -0.4 is 0 Å². The number of rotatable bonds is 7. The van der Waals surface area contributed by atoms with Crippen molar-refractivity contribution in [1.82, 2.24) is 4.90 Å². The summed E-state index contributed by atoms with van der Waals surface area (Å²) in [6.07, 6.45) is 2.52. The topological polar surface area (TPSA) is 101 Å². The van der Waals surface area contributed by atoms with Crippen LogP contribution in [0.4, 0.5) is 5.69 Å². The molecule has 0 aliphatic carbocycles. The summed E-state index contributed by atoms with van der Waals surface area (Å²) < 4.78 is 0. The number of nitrogens with zero attached hydrogens (tertiary/aromatic N) is 2. The van der Waals surface area contributed by atoms with Crippen LogP contribution in [0, 0.1) is 10.1 Å². The summed E-state index contributed by atoms with van der Waals surface area (Å²) in [5.41, 5.74) is 0.726. The maximum Gasteiger partial charge on any atom is 0.328 e. The van der Waals surface area contributed by atoms with Crippen molar-refractivity contribution < 1.29 is 19.6 Å². The van der Waals surface area contributed by atoms with Gasteiger partial charge in [-0.2, -0.15) is 0 Å². The molecule has 1 N–H and O–H groups in total. The lowest BCUT2D eigenvalue weighted by molar-refractivity contribution is -0.384. The quantitative estimate of drug-likeness (QED) is 0.470. The van der Waals surface area contributed by atoms with E-state index in [0.717, 1.165) is 24.1 Å². The van der Waals surface area contributed by atoms with E-state index < -0.39 is 16.8 Å². The Morgan fingerprint density at radius 1 is 1.29 bits per heavy atom. The summed E-state index contributed by atoms with van der Waals surface area (Å²) in [7, 11) is 0. The number of non-ortho nitro benzene ring substituents is 1. The molecular formula is C14H16N2O5. The third-order valence-corrected chi connectivity index (χ3v) is 2.69. The summed E-state index contributed by atoms with van der Waals surface area (Å²) in [6.45, 7) is 2.64. The predicted octanol–water partition coefficient (Wildman–Crippen LogP) is 1.97. The second-order valence-corrected chi connectivity index (χ2v) is 4.35. The van der Waals surface area contributed by atoms with E-state index in [1.807, 2.05) is 6.92 Å². The minimum atomic E-state index is -1.19. The van der Waals surface area contributed by atoms with Gasteiger partial charge in [0.15, 0.2) is 0 Å². The van der Waals surface area contributed by atoms with Gasteiger partial charge in [0.25, 0.3) is 5.69 Å². The Kier molecular flexibility index (Phi) is 6.06. The van der Waals surface area contributed by atoms with Gasteiger partial charge in [-0.15, -0.1) is 0 Å². The molecule has 0 aromatic heterocycles. The fourth-order valence-corrected chi connectivity index (χ4v) is 1.73. The van der Waals surface area contributed by atoms with Gasteiger partial charge in [-0.25, -0.2) is 4.79 Å². The number of hydrogen-bond donors (Lipinski definition) is 1. The molecule has 0 atom stereocenters. The van der Waals surface area contributed by atoms with Crippen LogP contribution in [0.15, 0.2) is 36.4 Å². The van der Waals surface area contributed by atoms with Gasteiger partial charge in [0.1, 0.15) is 0 Å². The highest BCUT2D eigenvalue weighted by molar-refractivity contribution is 5.93. The molecule has 0 unspecified atom stereocenters. The third-order valence-electron chi connectivity index (χ3n) is 2.69. The predicted molar refractivity (Wildman–Crippen MR) is 75.6 cm³/mol. The Morgan fingerprint density at radius 3 is 2.38 bits per heavy atom. The van der Waals surface area contributed by atoms with Gasteiger partial charge in [0.05, 0.1) is 4.92 Å². The number of nitro groups is 1. The van der Waals surface area contributed by atoms with E-state index >= 15 is 0 Å². The van der Waals surface area contributed by atoms with Crippen molar-refractivity contribution in [3.63, 3.8) is 0 Å². The first-order chi connectivity index (χ1) is 9.93. The fourth-order valence-electron chi connectivity index (χ4n) is 1.73. The Bertz CT molecular complexity index is 551. The van der Waals surface area contributed by atoms with E-state index in [1.165, 1.54) is 17.0 Å². The maximum absolute atomic E-state index is 11.9. The molecule has 0 aliphatic heterocycles. The minimum Gasteiger partial charge on any atom is -0.478 e. The van der Waals surface area contributed by atoms with Crippen molar-refractivity contribution in [3.8, 4) is 0 Å². The summed E-state index contributed by atoms with van der Waals surface area (Å²) in [5, 5.41) is 19.1. The van der Waals surface area contributed by atoms with Crippen molar-refractivity contribution in [2.75, 3.05) is 6.54 Å². The zero-order valence-electron chi connectivity index (χ0n) is 11.6. The van der Waals surface area contributed by atoms with Gasteiger partial charge < -0.3 is 10.0 Å². The highest BCUT2D eigenvalue weighted by atomic mass is 16.6.